The van der Waals surface area contributed by atoms with Crippen LogP contribution in [-0.2, 0) is 17.9 Å². The molecule has 0 spiro atoms. The molecular formula is C31H36BrN3O6. The average Bonchev–Trinajstić information content (AvgIpc) is 2.87. The van der Waals surface area contributed by atoms with Crippen LogP contribution in [0.2, 0.25) is 0 Å². The molecule has 0 aliphatic heterocycles. The Morgan fingerprint density at radius 3 is 2.22 bits per heavy atom. The summed E-state index contributed by atoms with van der Waals surface area (Å²) in [6.07, 6.45) is -0.840. The van der Waals surface area contributed by atoms with E-state index in [1.165, 1.54) is 12.1 Å². The number of amides is 2. The van der Waals surface area contributed by atoms with E-state index >= 15 is 0 Å². The predicted octanol–water partition coefficient (Wildman–Crippen LogP) is 7.87. The Bertz CT molecular complexity index is 1440. The summed E-state index contributed by atoms with van der Waals surface area (Å²) < 4.78 is 11.6. The lowest BCUT2D eigenvalue weighted by Crippen LogP contribution is -2.30. The Kier molecular flexibility index (Phi) is 10.1. The van der Waals surface area contributed by atoms with Gasteiger partial charge in [0.15, 0.2) is 0 Å². The van der Waals surface area contributed by atoms with E-state index in [0.29, 0.717) is 19.7 Å². The first kappa shape index (κ1) is 31.6. The molecule has 0 saturated heterocycles. The molecule has 3 aromatic rings. The van der Waals surface area contributed by atoms with Gasteiger partial charge >= 0.3 is 6.09 Å². The molecule has 1 N–H and O–H groups in total. The molecule has 9 nitrogen and oxygen atoms in total. The highest BCUT2D eigenvalue weighted by molar-refractivity contribution is 9.10. The zero-order valence-corrected chi connectivity index (χ0v) is 26.0. The van der Waals surface area contributed by atoms with E-state index in [-0.39, 0.29) is 21.6 Å². The molecule has 2 amide bonds. The highest BCUT2D eigenvalue weighted by Crippen LogP contribution is 2.35. The first-order valence-electron chi connectivity index (χ1n) is 13.2. The molecule has 0 unspecified atom stereocenters. The number of nitro benzene ring substituents is 1. The van der Waals surface area contributed by atoms with Crippen LogP contribution < -0.4 is 10.1 Å². The summed E-state index contributed by atoms with van der Waals surface area (Å²) in [5.74, 6) is 0.425. The van der Waals surface area contributed by atoms with Gasteiger partial charge in [0.2, 0.25) is 0 Å². The first-order chi connectivity index (χ1) is 19.2. The van der Waals surface area contributed by atoms with Crippen LogP contribution in [0.4, 0.5) is 16.2 Å². The van der Waals surface area contributed by atoms with Crippen LogP contribution >= 0.6 is 15.9 Å². The molecule has 10 heteroatoms. The van der Waals surface area contributed by atoms with Crippen molar-refractivity contribution >= 4 is 39.3 Å². The molecule has 0 aromatic heterocycles. The normalized spacial score (nSPS) is 11.1. The molecule has 218 valence electrons. The van der Waals surface area contributed by atoms with Crippen LogP contribution in [0.1, 0.15) is 65.9 Å². The SMILES string of the molecule is CCN(Cc1cc(C)c(OCc2ccccc2C)c(C)c1)C(=O)c1cc(Br)c(NC(=O)OC(C)(C)C)c([N+](=O)[O-])c1. The summed E-state index contributed by atoms with van der Waals surface area (Å²) in [6, 6.07) is 14.7. The summed E-state index contributed by atoms with van der Waals surface area (Å²) >= 11 is 3.28. The summed E-state index contributed by atoms with van der Waals surface area (Å²) in [5, 5.41) is 14.3. The lowest BCUT2D eigenvalue weighted by molar-refractivity contribution is -0.384. The number of aryl methyl sites for hydroxylation is 3. The van der Waals surface area contributed by atoms with Gasteiger partial charge in [-0.3, -0.25) is 20.2 Å². The van der Waals surface area contributed by atoms with Crippen LogP contribution in [0, 0.1) is 30.9 Å². The second-order valence-electron chi connectivity index (χ2n) is 10.8. The fraction of sp³-hybridized carbons (Fsp3) is 0.355. The average molecular weight is 627 g/mol. The molecule has 0 atom stereocenters. The van der Waals surface area contributed by atoms with Gasteiger partial charge in [0.25, 0.3) is 11.6 Å². The van der Waals surface area contributed by atoms with Gasteiger partial charge in [-0.05, 0) is 98.3 Å². The molecule has 0 saturated carbocycles. The number of carbonyl (C=O) groups is 2. The number of halogens is 1. The van der Waals surface area contributed by atoms with Crippen molar-refractivity contribution in [2.24, 2.45) is 0 Å². The number of nitrogens with zero attached hydrogens (tertiary/aromatic N) is 2. The number of nitrogens with one attached hydrogen (secondary N) is 1. The van der Waals surface area contributed by atoms with Crippen molar-refractivity contribution in [1.29, 1.82) is 0 Å². The zero-order chi connectivity index (χ0) is 30.5. The van der Waals surface area contributed by atoms with E-state index in [4.69, 9.17) is 9.47 Å². The number of rotatable bonds is 9. The van der Waals surface area contributed by atoms with Crippen molar-refractivity contribution in [3.8, 4) is 5.75 Å². The smallest absolute Gasteiger partial charge is 0.412 e. The number of hydrogen-bond donors (Lipinski definition) is 1. The zero-order valence-electron chi connectivity index (χ0n) is 24.5. The molecule has 3 aromatic carbocycles. The fourth-order valence-corrected chi connectivity index (χ4v) is 4.95. The number of hydrogen-bond acceptors (Lipinski definition) is 6. The van der Waals surface area contributed by atoms with Gasteiger partial charge in [-0.2, -0.15) is 0 Å². The van der Waals surface area contributed by atoms with Gasteiger partial charge in [-0.1, -0.05) is 36.4 Å². The van der Waals surface area contributed by atoms with Gasteiger partial charge in [0, 0.05) is 29.2 Å². The second-order valence-corrected chi connectivity index (χ2v) is 11.7. The van der Waals surface area contributed by atoms with Crippen LogP contribution in [0.5, 0.6) is 5.75 Å². The van der Waals surface area contributed by atoms with Crippen LogP contribution in [-0.4, -0.2) is 34.0 Å². The lowest BCUT2D eigenvalue weighted by Gasteiger charge is -2.23. The Balaban J connectivity index is 1.82. The van der Waals surface area contributed by atoms with Gasteiger partial charge in [-0.25, -0.2) is 4.79 Å². The van der Waals surface area contributed by atoms with Gasteiger partial charge in [0.05, 0.1) is 4.92 Å². The second kappa shape index (κ2) is 13.2. The van der Waals surface area contributed by atoms with E-state index < -0.39 is 22.3 Å². The third-order valence-corrected chi connectivity index (χ3v) is 6.96. The molecule has 0 heterocycles. The monoisotopic (exact) mass is 625 g/mol. The fourth-order valence-electron chi connectivity index (χ4n) is 4.40. The van der Waals surface area contributed by atoms with E-state index in [1.807, 2.05) is 51.1 Å². The van der Waals surface area contributed by atoms with E-state index in [2.05, 4.69) is 34.2 Å². The van der Waals surface area contributed by atoms with Crippen molar-refractivity contribution in [2.45, 2.75) is 67.2 Å². The molecule has 0 aliphatic carbocycles. The summed E-state index contributed by atoms with van der Waals surface area (Å²) in [7, 11) is 0. The molecule has 0 radical (unpaired) electrons. The van der Waals surface area contributed by atoms with Crippen LogP contribution in [0.3, 0.4) is 0 Å². The maximum Gasteiger partial charge on any atom is 0.412 e. The third-order valence-electron chi connectivity index (χ3n) is 6.33. The molecule has 3 rings (SSSR count). The van der Waals surface area contributed by atoms with Crippen LogP contribution in [0.25, 0.3) is 0 Å². The van der Waals surface area contributed by atoms with E-state index in [0.717, 1.165) is 33.6 Å². The number of anilines is 1. The minimum atomic E-state index is -0.840. The Morgan fingerprint density at radius 2 is 1.66 bits per heavy atom. The number of nitro groups is 1. The summed E-state index contributed by atoms with van der Waals surface area (Å²) in [5.41, 5.74) is 3.92. The minimum Gasteiger partial charge on any atom is -0.488 e. The van der Waals surface area contributed by atoms with Gasteiger partial charge in [-0.15, -0.1) is 0 Å². The Morgan fingerprint density at radius 1 is 1.02 bits per heavy atom. The van der Waals surface area contributed by atoms with Crippen molar-refractivity contribution in [3.63, 3.8) is 0 Å². The topological polar surface area (TPSA) is 111 Å². The number of ether oxygens (including phenoxy) is 2. The molecule has 0 bridgehead atoms. The third kappa shape index (κ3) is 8.29. The summed E-state index contributed by atoms with van der Waals surface area (Å²) in [6.45, 7) is 14.0. The molecular weight excluding hydrogens is 590 g/mol. The Labute approximate surface area is 249 Å². The maximum atomic E-state index is 13.5. The van der Waals surface area contributed by atoms with E-state index in [9.17, 15) is 19.7 Å². The largest absolute Gasteiger partial charge is 0.488 e. The number of carbonyl (C=O) groups excluding carboxylic acids is 2. The first-order valence-corrected chi connectivity index (χ1v) is 14.0. The molecule has 0 fully saturated rings. The highest BCUT2D eigenvalue weighted by atomic mass is 79.9. The van der Waals surface area contributed by atoms with Gasteiger partial charge < -0.3 is 14.4 Å². The highest BCUT2D eigenvalue weighted by Gasteiger charge is 2.27. The molecule has 41 heavy (non-hydrogen) atoms. The standard InChI is InChI=1S/C31H36BrN3O6/c1-8-34(17-22-13-20(3)28(21(4)14-22)40-18-23-12-10-9-11-19(23)2)29(36)24-15-25(32)27(26(16-24)35(38)39)33-30(37)41-31(5,6)7/h9-16H,8,17-18H2,1-7H3,(H,33,37). The molecule has 0 aliphatic rings. The maximum absolute atomic E-state index is 13.5. The van der Waals surface area contributed by atoms with Crippen LogP contribution in [0.15, 0.2) is 53.0 Å². The minimum absolute atomic E-state index is 0.0867. The van der Waals surface area contributed by atoms with Crippen molar-refractivity contribution in [1.82, 2.24) is 4.90 Å². The summed E-state index contributed by atoms with van der Waals surface area (Å²) in [4.78, 5) is 38.6. The quantitative estimate of drug-likeness (QED) is 0.191. The Hall–Kier alpha value is -3.92. The number of benzene rings is 3. The van der Waals surface area contributed by atoms with Crippen molar-refractivity contribution in [3.05, 3.63) is 96.5 Å². The lowest BCUT2D eigenvalue weighted by atomic mass is 10.0. The van der Waals surface area contributed by atoms with E-state index in [1.54, 1.807) is 25.7 Å². The van der Waals surface area contributed by atoms with Crippen molar-refractivity contribution < 1.29 is 24.0 Å². The predicted molar refractivity (Wildman–Crippen MR) is 162 cm³/mol. The van der Waals surface area contributed by atoms with Gasteiger partial charge in [0.1, 0.15) is 23.6 Å². The van der Waals surface area contributed by atoms with Crippen molar-refractivity contribution in [2.75, 3.05) is 11.9 Å².